The Morgan fingerprint density at radius 3 is 2.81 bits per heavy atom. The van der Waals surface area contributed by atoms with Crippen molar-refractivity contribution in [3.8, 4) is 5.69 Å². The molecule has 0 saturated carbocycles. The number of nitrogens with one attached hydrogen (secondary N) is 2. The first-order chi connectivity index (χ1) is 12.2. The third kappa shape index (κ3) is 6.25. The van der Waals surface area contributed by atoms with E-state index in [1.807, 2.05) is 12.1 Å². The van der Waals surface area contributed by atoms with Gasteiger partial charge in [-0.05, 0) is 24.6 Å². The van der Waals surface area contributed by atoms with Gasteiger partial charge in [-0.3, -0.25) is 4.79 Å². The van der Waals surface area contributed by atoms with Crippen LogP contribution >= 0.6 is 24.0 Å². The molecule has 9 heteroatoms. The second-order valence-electron chi connectivity index (χ2n) is 5.53. The lowest BCUT2D eigenvalue weighted by Gasteiger charge is -2.08. The highest BCUT2D eigenvalue weighted by molar-refractivity contribution is 6.30. The van der Waals surface area contributed by atoms with E-state index in [-0.39, 0.29) is 18.3 Å². The maximum atomic E-state index is 12.4. The van der Waals surface area contributed by atoms with Crippen LogP contribution in [-0.4, -0.2) is 54.3 Å². The van der Waals surface area contributed by atoms with Crippen molar-refractivity contribution >= 4 is 29.9 Å². The van der Waals surface area contributed by atoms with Gasteiger partial charge in [0.15, 0.2) is 5.69 Å². The Balaban J connectivity index is 0.00000338. The fraction of sp³-hybridized carbons (Fsp3) is 0.471. The number of carbonyl (C=O) groups excluding carboxylic acids is 1. The molecule has 1 heterocycles. The van der Waals surface area contributed by atoms with E-state index < -0.39 is 0 Å². The summed E-state index contributed by atoms with van der Waals surface area (Å²) in [6.07, 6.45) is 1.58. The average Bonchev–Trinajstić information content (AvgIpc) is 3.02. The number of ether oxygens (including phenoxy) is 1. The van der Waals surface area contributed by atoms with Crippen LogP contribution in [0.15, 0.2) is 24.3 Å². The van der Waals surface area contributed by atoms with Crippen LogP contribution in [0.4, 0.5) is 0 Å². The number of methoxy groups -OCH3 is 1. The van der Waals surface area contributed by atoms with Gasteiger partial charge in [0.1, 0.15) is 0 Å². The van der Waals surface area contributed by atoms with E-state index in [2.05, 4.69) is 27.9 Å². The van der Waals surface area contributed by atoms with E-state index in [9.17, 15) is 4.79 Å². The van der Waals surface area contributed by atoms with Crippen LogP contribution < -0.4 is 10.6 Å². The van der Waals surface area contributed by atoms with Gasteiger partial charge in [0.25, 0.3) is 5.91 Å². The minimum atomic E-state index is -0.217. The predicted octanol–water partition coefficient (Wildman–Crippen LogP) is 2.26. The maximum Gasteiger partial charge on any atom is 0.273 e. The molecular weight excluding hydrogens is 377 g/mol. The Morgan fingerprint density at radius 2 is 2.12 bits per heavy atom. The molecule has 144 valence electrons. The number of rotatable bonds is 10. The molecule has 0 aliphatic rings. The normalized spacial score (nSPS) is 10.4. The number of halogens is 2. The summed E-state index contributed by atoms with van der Waals surface area (Å²) in [6, 6.07) is 7.34. The topological polar surface area (TPSA) is 81.1 Å². The molecule has 0 spiro atoms. The van der Waals surface area contributed by atoms with Crippen molar-refractivity contribution in [3.05, 3.63) is 40.7 Å². The lowest BCUT2D eigenvalue weighted by atomic mass is 10.2. The Kier molecular flexibility index (Phi) is 10.2. The zero-order valence-corrected chi connectivity index (χ0v) is 16.6. The Bertz CT molecular complexity index is 694. The monoisotopic (exact) mass is 401 g/mol. The Morgan fingerprint density at radius 1 is 1.31 bits per heavy atom. The van der Waals surface area contributed by atoms with Crippen molar-refractivity contribution in [2.45, 2.75) is 19.8 Å². The Labute approximate surface area is 164 Å². The van der Waals surface area contributed by atoms with Crippen LogP contribution in [0.5, 0.6) is 0 Å². The number of hydrogen-bond donors (Lipinski definition) is 2. The van der Waals surface area contributed by atoms with Gasteiger partial charge in [-0.15, -0.1) is 17.5 Å². The molecule has 2 N–H and O–H groups in total. The van der Waals surface area contributed by atoms with Gasteiger partial charge in [0.05, 0.1) is 18.0 Å². The Hall–Kier alpha value is -1.67. The first kappa shape index (κ1) is 22.4. The third-order valence-corrected chi connectivity index (χ3v) is 3.82. The number of aromatic nitrogens is 3. The van der Waals surface area contributed by atoms with Crippen LogP contribution in [0.3, 0.4) is 0 Å². The molecule has 2 rings (SSSR count). The number of benzene rings is 1. The van der Waals surface area contributed by atoms with E-state index in [4.69, 9.17) is 16.3 Å². The maximum absolute atomic E-state index is 12.4. The molecule has 0 aliphatic heterocycles. The fourth-order valence-electron chi connectivity index (χ4n) is 2.40. The molecule has 2 aromatic rings. The van der Waals surface area contributed by atoms with E-state index in [0.717, 1.165) is 24.3 Å². The lowest BCUT2D eigenvalue weighted by Crippen LogP contribution is -2.33. The van der Waals surface area contributed by atoms with E-state index in [1.54, 1.807) is 23.9 Å². The molecule has 1 amide bonds. The smallest absolute Gasteiger partial charge is 0.273 e. The summed E-state index contributed by atoms with van der Waals surface area (Å²) in [4.78, 5) is 12.4. The van der Waals surface area contributed by atoms with E-state index in [1.165, 1.54) is 0 Å². The molecule has 0 radical (unpaired) electrons. The molecule has 0 bridgehead atoms. The molecule has 0 atom stereocenters. The van der Waals surface area contributed by atoms with Gasteiger partial charge >= 0.3 is 0 Å². The van der Waals surface area contributed by atoms with Crippen molar-refractivity contribution in [2.24, 2.45) is 0 Å². The highest BCUT2D eigenvalue weighted by Gasteiger charge is 2.19. The standard InChI is InChI=1S/C17H24ClN5O2.ClH/c1-3-5-15-16(17(24)20-9-8-19-10-11-25-2)21-22-23(15)14-7-4-6-13(18)12-14;/h4,6-7,12,19H,3,5,8-11H2,1-2H3,(H,20,24);1H. The molecule has 0 aliphatic carbocycles. The molecular formula is C17H25Cl2N5O2. The lowest BCUT2D eigenvalue weighted by molar-refractivity contribution is 0.0947. The number of amides is 1. The summed E-state index contributed by atoms with van der Waals surface area (Å²) in [5.41, 5.74) is 1.94. The summed E-state index contributed by atoms with van der Waals surface area (Å²) < 4.78 is 6.64. The highest BCUT2D eigenvalue weighted by Crippen LogP contribution is 2.18. The van der Waals surface area contributed by atoms with Gasteiger partial charge in [-0.2, -0.15) is 0 Å². The van der Waals surface area contributed by atoms with Gasteiger partial charge in [0.2, 0.25) is 0 Å². The third-order valence-electron chi connectivity index (χ3n) is 3.59. The SMILES string of the molecule is CCCc1c(C(=O)NCCNCCOC)nnn1-c1cccc(Cl)c1.Cl. The van der Waals surface area contributed by atoms with Gasteiger partial charge in [0, 0.05) is 31.8 Å². The molecule has 26 heavy (non-hydrogen) atoms. The van der Waals surface area contributed by atoms with Crippen LogP contribution in [-0.2, 0) is 11.2 Å². The summed E-state index contributed by atoms with van der Waals surface area (Å²) in [5.74, 6) is -0.217. The second kappa shape index (κ2) is 11.9. The fourth-order valence-corrected chi connectivity index (χ4v) is 2.59. The van der Waals surface area contributed by atoms with Crippen molar-refractivity contribution in [1.29, 1.82) is 0 Å². The number of hydrogen-bond acceptors (Lipinski definition) is 5. The zero-order chi connectivity index (χ0) is 18.1. The molecule has 0 fully saturated rings. The second-order valence-corrected chi connectivity index (χ2v) is 5.96. The number of nitrogens with zero attached hydrogens (tertiary/aromatic N) is 3. The quantitative estimate of drug-likeness (QED) is 0.596. The van der Waals surface area contributed by atoms with Crippen LogP contribution in [0, 0.1) is 0 Å². The molecule has 7 nitrogen and oxygen atoms in total. The van der Waals surface area contributed by atoms with Gasteiger partial charge in [-0.1, -0.05) is 36.2 Å². The minimum Gasteiger partial charge on any atom is -0.383 e. The summed E-state index contributed by atoms with van der Waals surface area (Å²) in [6.45, 7) is 4.62. The van der Waals surface area contributed by atoms with Gasteiger partial charge < -0.3 is 15.4 Å². The van der Waals surface area contributed by atoms with E-state index in [0.29, 0.717) is 36.8 Å². The first-order valence-electron chi connectivity index (χ1n) is 8.35. The molecule has 0 unspecified atom stereocenters. The van der Waals surface area contributed by atoms with Crippen molar-refractivity contribution < 1.29 is 9.53 Å². The van der Waals surface area contributed by atoms with Crippen LogP contribution in [0.2, 0.25) is 5.02 Å². The van der Waals surface area contributed by atoms with Crippen LogP contribution in [0.1, 0.15) is 29.5 Å². The van der Waals surface area contributed by atoms with Crippen molar-refractivity contribution in [1.82, 2.24) is 25.6 Å². The summed E-state index contributed by atoms with van der Waals surface area (Å²) >= 11 is 6.06. The highest BCUT2D eigenvalue weighted by atomic mass is 35.5. The van der Waals surface area contributed by atoms with E-state index >= 15 is 0 Å². The summed E-state index contributed by atoms with van der Waals surface area (Å²) in [7, 11) is 1.65. The average molecular weight is 402 g/mol. The zero-order valence-electron chi connectivity index (χ0n) is 15.0. The minimum absolute atomic E-state index is 0. The molecule has 1 aromatic carbocycles. The first-order valence-corrected chi connectivity index (χ1v) is 8.73. The molecule has 1 aromatic heterocycles. The molecule has 0 saturated heterocycles. The largest absolute Gasteiger partial charge is 0.383 e. The number of carbonyl (C=O) groups is 1. The van der Waals surface area contributed by atoms with Gasteiger partial charge in [-0.25, -0.2) is 4.68 Å². The van der Waals surface area contributed by atoms with Crippen molar-refractivity contribution in [2.75, 3.05) is 33.4 Å². The summed E-state index contributed by atoms with van der Waals surface area (Å²) in [5, 5.41) is 14.9. The van der Waals surface area contributed by atoms with Crippen LogP contribution in [0.25, 0.3) is 5.69 Å². The van der Waals surface area contributed by atoms with Crippen molar-refractivity contribution in [3.63, 3.8) is 0 Å². The predicted molar refractivity (Wildman–Crippen MR) is 105 cm³/mol.